The average molecular weight is 333 g/mol. The van der Waals surface area contributed by atoms with Crippen molar-refractivity contribution < 1.29 is 24.2 Å². The third-order valence-corrected chi connectivity index (χ3v) is 5.21. The van der Waals surface area contributed by atoms with Crippen LogP contribution < -0.4 is 9.47 Å². The second kappa shape index (κ2) is 6.71. The molecule has 1 N–H and O–H groups in total. The first-order valence-corrected chi connectivity index (χ1v) is 8.33. The van der Waals surface area contributed by atoms with Crippen molar-refractivity contribution in [3.05, 3.63) is 23.8 Å². The van der Waals surface area contributed by atoms with Crippen LogP contribution in [0.4, 0.5) is 0 Å². The zero-order valence-electron chi connectivity index (χ0n) is 14.0. The predicted octanol–water partition coefficient (Wildman–Crippen LogP) is 2.56. The number of methoxy groups -OCH3 is 2. The Balaban J connectivity index is 1.95. The van der Waals surface area contributed by atoms with Crippen molar-refractivity contribution in [1.82, 2.24) is 4.90 Å². The molecule has 1 aromatic rings. The van der Waals surface area contributed by atoms with E-state index in [0.717, 1.165) is 25.7 Å². The summed E-state index contributed by atoms with van der Waals surface area (Å²) in [7, 11) is 3.05. The van der Waals surface area contributed by atoms with Crippen molar-refractivity contribution >= 4 is 11.9 Å². The molecule has 1 aliphatic heterocycles. The molecule has 24 heavy (non-hydrogen) atoms. The number of aliphatic carboxylic acids is 1. The number of hydrogen-bond donors (Lipinski definition) is 1. The molecular weight excluding hydrogens is 310 g/mol. The highest BCUT2D eigenvalue weighted by atomic mass is 16.5. The number of rotatable bonds is 4. The molecule has 0 bridgehead atoms. The second-order valence-electron chi connectivity index (χ2n) is 6.52. The number of amides is 1. The van der Waals surface area contributed by atoms with Gasteiger partial charge in [0.2, 0.25) is 0 Å². The van der Waals surface area contributed by atoms with E-state index < -0.39 is 12.0 Å². The van der Waals surface area contributed by atoms with Crippen molar-refractivity contribution in [3.63, 3.8) is 0 Å². The molecule has 2 fully saturated rings. The Bertz CT molecular complexity index is 622. The summed E-state index contributed by atoms with van der Waals surface area (Å²) in [5, 5.41) is 9.58. The molecule has 6 heteroatoms. The molecule has 1 aliphatic carbocycles. The Labute approximate surface area is 141 Å². The van der Waals surface area contributed by atoms with Crippen LogP contribution in [0.5, 0.6) is 11.5 Å². The fraction of sp³-hybridized carbons (Fsp3) is 0.556. The van der Waals surface area contributed by atoms with Gasteiger partial charge in [-0.15, -0.1) is 0 Å². The molecule has 0 aromatic heterocycles. The van der Waals surface area contributed by atoms with E-state index >= 15 is 0 Å². The maximum absolute atomic E-state index is 13.1. The molecule has 3 rings (SSSR count). The zero-order chi connectivity index (χ0) is 17.3. The third kappa shape index (κ3) is 2.92. The number of hydrogen-bond acceptors (Lipinski definition) is 4. The number of likely N-dealkylation sites (tertiary alicyclic amines) is 1. The average Bonchev–Trinajstić information content (AvgIpc) is 3.00. The number of carboxylic acid groups (broad SMARTS) is 1. The molecular formula is C18H23NO5. The van der Waals surface area contributed by atoms with Gasteiger partial charge in [0.05, 0.1) is 14.2 Å². The van der Waals surface area contributed by atoms with Crippen LogP contribution in [-0.4, -0.2) is 48.2 Å². The lowest BCUT2D eigenvalue weighted by molar-refractivity contribution is -0.141. The number of benzene rings is 1. The van der Waals surface area contributed by atoms with Gasteiger partial charge < -0.3 is 19.5 Å². The predicted molar refractivity (Wildman–Crippen MR) is 87.5 cm³/mol. The molecule has 130 valence electrons. The van der Waals surface area contributed by atoms with Crippen LogP contribution in [-0.2, 0) is 4.79 Å². The van der Waals surface area contributed by atoms with Crippen molar-refractivity contribution in [3.8, 4) is 11.5 Å². The van der Waals surface area contributed by atoms with E-state index in [9.17, 15) is 14.7 Å². The van der Waals surface area contributed by atoms with Gasteiger partial charge in [0.1, 0.15) is 17.5 Å². The van der Waals surface area contributed by atoms with Crippen LogP contribution in [0.25, 0.3) is 0 Å². The maximum Gasteiger partial charge on any atom is 0.326 e. The Morgan fingerprint density at radius 1 is 1.08 bits per heavy atom. The lowest BCUT2D eigenvalue weighted by Gasteiger charge is -2.33. The molecule has 1 amide bonds. The van der Waals surface area contributed by atoms with E-state index in [1.165, 1.54) is 14.2 Å². The summed E-state index contributed by atoms with van der Waals surface area (Å²) >= 11 is 0. The first-order valence-electron chi connectivity index (χ1n) is 8.33. The molecule has 1 heterocycles. The molecule has 1 saturated carbocycles. The summed E-state index contributed by atoms with van der Waals surface area (Å²) in [6.45, 7) is 0. The van der Waals surface area contributed by atoms with Gasteiger partial charge in [0.25, 0.3) is 5.91 Å². The van der Waals surface area contributed by atoms with Crippen LogP contribution >= 0.6 is 0 Å². The zero-order valence-corrected chi connectivity index (χ0v) is 14.0. The van der Waals surface area contributed by atoms with Gasteiger partial charge in [0.15, 0.2) is 0 Å². The fourth-order valence-corrected chi connectivity index (χ4v) is 4.05. The smallest absolute Gasteiger partial charge is 0.326 e. The topological polar surface area (TPSA) is 76.1 Å². The van der Waals surface area contributed by atoms with Crippen LogP contribution in [0.15, 0.2) is 18.2 Å². The van der Waals surface area contributed by atoms with Crippen LogP contribution in [0.1, 0.15) is 42.5 Å². The molecule has 3 atom stereocenters. The highest BCUT2D eigenvalue weighted by molar-refractivity contribution is 5.98. The van der Waals surface area contributed by atoms with Gasteiger partial charge in [-0.3, -0.25) is 4.79 Å². The largest absolute Gasteiger partial charge is 0.497 e. The van der Waals surface area contributed by atoms with E-state index in [1.807, 2.05) is 0 Å². The quantitative estimate of drug-likeness (QED) is 0.916. The van der Waals surface area contributed by atoms with Gasteiger partial charge in [0, 0.05) is 17.7 Å². The monoisotopic (exact) mass is 333 g/mol. The third-order valence-electron chi connectivity index (χ3n) is 5.21. The maximum atomic E-state index is 13.1. The Morgan fingerprint density at radius 2 is 1.71 bits per heavy atom. The molecule has 1 saturated heterocycles. The van der Waals surface area contributed by atoms with Gasteiger partial charge in [-0.25, -0.2) is 4.79 Å². The molecule has 2 aliphatic rings. The van der Waals surface area contributed by atoms with Gasteiger partial charge in [-0.2, -0.15) is 0 Å². The SMILES string of the molecule is COc1cc(OC)cc(C(=O)N2C(C(=O)O)CC3CCCCC32)c1. The van der Waals surface area contributed by atoms with E-state index in [0.29, 0.717) is 23.5 Å². The molecule has 6 nitrogen and oxygen atoms in total. The van der Waals surface area contributed by atoms with Crippen molar-refractivity contribution in [2.24, 2.45) is 5.92 Å². The highest BCUT2D eigenvalue weighted by Gasteiger charge is 2.47. The number of carboxylic acids is 1. The number of nitrogens with zero attached hydrogens (tertiary/aromatic N) is 1. The summed E-state index contributed by atoms with van der Waals surface area (Å²) in [5.41, 5.74) is 0.406. The highest BCUT2D eigenvalue weighted by Crippen LogP contribution is 2.41. The fourth-order valence-electron chi connectivity index (χ4n) is 4.05. The minimum atomic E-state index is -0.924. The van der Waals surface area contributed by atoms with E-state index in [4.69, 9.17) is 9.47 Å². The molecule has 1 aromatic carbocycles. The first-order chi connectivity index (χ1) is 11.5. The Hall–Kier alpha value is -2.24. The van der Waals surface area contributed by atoms with Gasteiger partial charge >= 0.3 is 5.97 Å². The molecule has 0 spiro atoms. The Kier molecular flexibility index (Phi) is 4.64. The van der Waals surface area contributed by atoms with Crippen molar-refractivity contribution in [2.75, 3.05) is 14.2 Å². The minimum absolute atomic E-state index is 0.0181. The lowest BCUT2D eigenvalue weighted by atomic mass is 9.84. The second-order valence-corrected chi connectivity index (χ2v) is 6.52. The summed E-state index contributed by atoms with van der Waals surface area (Å²) in [6.07, 6.45) is 4.58. The number of carbonyl (C=O) groups is 2. The van der Waals surface area contributed by atoms with E-state index in [1.54, 1.807) is 23.1 Å². The summed E-state index contributed by atoms with van der Waals surface area (Å²) in [4.78, 5) is 26.4. The number of ether oxygens (including phenoxy) is 2. The lowest BCUT2D eigenvalue weighted by Crippen LogP contribution is -2.46. The first kappa shape index (κ1) is 16.6. The number of fused-ring (bicyclic) bond motifs is 1. The van der Waals surface area contributed by atoms with Gasteiger partial charge in [-0.1, -0.05) is 12.8 Å². The van der Waals surface area contributed by atoms with E-state index in [-0.39, 0.29) is 17.9 Å². The van der Waals surface area contributed by atoms with Crippen molar-refractivity contribution in [2.45, 2.75) is 44.2 Å². The van der Waals surface area contributed by atoms with Crippen LogP contribution in [0.2, 0.25) is 0 Å². The summed E-state index contributed by atoms with van der Waals surface area (Å²) in [6, 6.07) is 4.24. The van der Waals surface area contributed by atoms with E-state index in [2.05, 4.69) is 0 Å². The van der Waals surface area contributed by atoms with Crippen LogP contribution in [0.3, 0.4) is 0 Å². The number of carbonyl (C=O) groups excluding carboxylic acids is 1. The van der Waals surface area contributed by atoms with Gasteiger partial charge in [-0.05, 0) is 37.3 Å². The molecule has 0 radical (unpaired) electrons. The normalized spacial score (nSPS) is 25.9. The molecule has 3 unspecified atom stereocenters. The van der Waals surface area contributed by atoms with Crippen LogP contribution in [0, 0.1) is 5.92 Å². The minimum Gasteiger partial charge on any atom is -0.497 e. The van der Waals surface area contributed by atoms with Crippen molar-refractivity contribution in [1.29, 1.82) is 0 Å². The standard InChI is InChI=1S/C18H23NO5/c1-23-13-7-12(8-14(10-13)24-2)17(20)19-15-6-4-3-5-11(15)9-16(19)18(21)22/h7-8,10-11,15-16H,3-6,9H2,1-2H3,(H,21,22). The summed E-state index contributed by atoms with van der Waals surface area (Å²) < 4.78 is 10.4. The summed E-state index contributed by atoms with van der Waals surface area (Å²) in [5.74, 6) is 0.144. The Morgan fingerprint density at radius 3 is 2.29 bits per heavy atom.